The minimum absolute atomic E-state index is 0.00849. The van der Waals surface area contributed by atoms with E-state index in [1.165, 1.54) is 17.8 Å². The van der Waals surface area contributed by atoms with Gasteiger partial charge in [-0.2, -0.15) is 0 Å². The number of nitrogens with zero attached hydrogens (tertiary/aromatic N) is 3. The highest BCUT2D eigenvalue weighted by Gasteiger charge is 2.33. The maximum atomic E-state index is 14.4. The average Bonchev–Trinajstić information content (AvgIpc) is 3.72. The lowest BCUT2D eigenvalue weighted by Gasteiger charge is -2.32. The number of benzene rings is 2. The number of hydrogen-bond donors (Lipinski definition) is 4. The number of thiazole rings is 1. The Labute approximate surface area is 329 Å². The monoisotopic (exact) mass is 776 g/mol. The minimum atomic E-state index is -1.12. The highest BCUT2D eigenvalue weighted by atomic mass is 32.1. The lowest BCUT2D eigenvalue weighted by atomic mass is 9.83. The molecule has 4 amide bonds. The molecule has 1 saturated carbocycles. The normalized spacial score (nSPS) is 17.5. The number of rotatable bonds is 20. The molecule has 1 unspecified atom stereocenters. The Bertz CT molecular complexity index is 1650. The number of nitrogens with one attached hydrogen (secondary N) is 3. The summed E-state index contributed by atoms with van der Waals surface area (Å²) in [6, 6.07) is 12.2. The first-order chi connectivity index (χ1) is 26.7. The molecular weight excluding hydrogens is 717 g/mol. The average molecular weight is 777 g/mol. The van der Waals surface area contributed by atoms with Gasteiger partial charge in [-0.15, -0.1) is 11.3 Å². The van der Waals surface area contributed by atoms with Crippen LogP contribution in [0.25, 0.3) is 10.8 Å². The molecule has 55 heavy (non-hydrogen) atoms. The summed E-state index contributed by atoms with van der Waals surface area (Å²) in [5.41, 5.74) is 3.29. The van der Waals surface area contributed by atoms with Crippen molar-refractivity contribution in [2.75, 3.05) is 52.5 Å². The molecule has 0 radical (unpaired) electrons. The second kappa shape index (κ2) is 22.0. The Morgan fingerprint density at radius 3 is 2.42 bits per heavy atom. The quantitative estimate of drug-likeness (QED) is 0.134. The molecule has 1 saturated heterocycles. The summed E-state index contributed by atoms with van der Waals surface area (Å²) in [6.45, 7) is 9.07. The van der Waals surface area contributed by atoms with E-state index in [0.29, 0.717) is 63.8 Å². The number of aromatic nitrogens is 1. The molecule has 1 aromatic heterocycles. The van der Waals surface area contributed by atoms with Crippen LogP contribution in [0, 0.1) is 11.8 Å². The summed E-state index contributed by atoms with van der Waals surface area (Å²) >= 11 is 1.40. The lowest BCUT2D eigenvalue weighted by molar-refractivity contribution is -0.137. The van der Waals surface area contributed by atoms with Gasteiger partial charge in [0.1, 0.15) is 6.04 Å². The van der Waals surface area contributed by atoms with Crippen molar-refractivity contribution in [1.29, 1.82) is 0 Å². The van der Waals surface area contributed by atoms with Gasteiger partial charge in [-0.3, -0.25) is 24.1 Å². The first-order valence-electron chi connectivity index (χ1n) is 20.2. The van der Waals surface area contributed by atoms with Crippen molar-refractivity contribution >= 4 is 45.7 Å². The molecule has 300 valence electrons. The summed E-state index contributed by atoms with van der Waals surface area (Å²) in [7, 11) is 0. The minimum Gasteiger partial charge on any atom is -0.390 e. The highest BCUT2D eigenvalue weighted by molar-refractivity contribution is 7.07. The standard InChI is InChI=1S/C42H60N6O6S/c1-3-48(4-2)40(51)25-33(24-32-15-10-14-31-13-8-9-16-35(31)32)41(52)46-37(26-34-28-55-29-44-34)42(53)45-36(23-30-11-6-5-7-12-30)38(49)27-39(50)43-17-18-47-19-21-54-22-20-47/h8-10,13-16,28-30,33,36-38,49H,3-7,11-12,17-27H2,1-2H3,(H,43,50)(H,45,53)(H,46,52)/t33-,36+,37?,38+/m1/s1. The van der Waals surface area contributed by atoms with Gasteiger partial charge in [-0.25, -0.2) is 4.98 Å². The van der Waals surface area contributed by atoms with E-state index in [1.54, 1.807) is 10.4 Å². The number of carbonyl (C=O) groups is 4. The highest BCUT2D eigenvalue weighted by Crippen LogP contribution is 2.29. The molecule has 4 atom stereocenters. The molecule has 1 aliphatic carbocycles. The topological polar surface area (TPSA) is 153 Å². The second-order valence-electron chi connectivity index (χ2n) is 15.0. The summed E-state index contributed by atoms with van der Waals surface area (Å²) in [4.78, 5) is 63.6. The Kier molecular flexibility index (Phi) is 16.9. The molecule has 13 heteroatoms. The number of amides is 4. The van der Waals surface area contributed by atoms with Crippen LogP contribution in [0.5, 0.6) is 0 Å². The molecule has 3 aromatic rings. The summed E-state index contributed by atoms with van der Waals surface area (Å²) < 4.78 is 5.41. The summed E-state index contributed by atoms with van der Waals surface area (Å²) in [5.74, 6) is -1.68. The van der Waals surface area contributed by atoms with Crippen LogP contribution in [0.3, 0.4) is 0 Å². The van der Waals surface area contributed by atoms with Crippen molar-refractivity contribution in [3.05, 3.63) is 64.6 Å². The number of carbonyl (C=O) groups excluding carboxylic acids is 4. The largest absolute Gasteiger partial charge is 0.390 e. The van der Waals surface area contributed by atoms with Crippen molar-refractivity contribution < 1.29 is 29.0 Å². The van der Waals surface area contributed by atoms with Crippen molar-refractivity contribution in [2.24, 2.45) is 11.8 Å². The predicted octanol–water partition coefficient (Wildman–Crippen LogP) is 4.10. The third-order valence-electron chi connectivity index (χ3n) is 11.1. The van der Waals surface area contributed by atoms with Crippen molar-refractivity contribution in [1.82, 2.24) is 30.7 Å². The number of aliphatic hydroxyl groups excluding tert-OH is 1. The first-order valence-corrected chi connectivity index (χ1v) is 21.1. The molecule has 2 aliphatic rings. The molecule has 2 heterocycles. The van der Waals surface area contributed by atoms with E-state index < -0.39 is 35.9 Å². The zero-order valence-corrected chi connectivity index (χ0v) is 33.4. The fraction of sp³-hybridized carbons (Fsp3) is 0.595. The van der Waals surface area contributed by atoms with Crippen LogP contribution in [-0.2, 0) is 36.8 Å². The van der Waals surface area contributed by atoms with Gasteiger partial charge in [0.15, 0.2) is 0 Å². The van der Waals surface area contributed by atoms with Crippen LogP contribution in [0.15, 0.2) is 53.4 Å². The van der Waals surface area contributed by atoms with E-state index in [9.17, 15) is 24.3 Å². The fourth-order valence-corrected chi connectivity index (χ4v) is 8.49. The Morgan fingerprint density at radius 1 is 0.945 bits per heavy atom. The number of ether oxygens (including phenoxy) is 1. The SMILES string of the molecule is CCN(CC)C(=O)C[C@@H](Cc1cccc2ccccc12)C(=O)NC(Cc1cscn1)C(=O)N[C@@H](CC1CCCCC1)[C@@H](O)CC(=O)NCCN1CCOCC1. The number of morpholine rings is 1. The number of fused-ring (bicyclic) bond motifs is 1. The van der Waals surface area contributed by atoms with Gasteiger partial charge in [-0.1, -0.05) is 74.6 Å². The number of aliphatic hydroxyl groups is 1. The maximum absolute atomic E-state index is 14.4. The predicted molar refractivity (Wildman–Crippen MR) is 215 cm³/mol. The van der Waals surface area contributed by atoms with Crippen molar-refractivity contribution in [2.45, 2.75) is 96.2 Å². The van der Waals surface area contributed by atoms with Crippen LogP contribution in [0.2, 0.25) is 0 Å². The van der Waals surface area contributed by atoms with Crippen LogP contribution < -0.4 is 16.0 Å². The van der Waals surface area contributed by atoms with Gasteiger partial charge in [0, 0.05) is 57.5 Å². The molecule has 4 N–H and O–H groups in total. The maximum Gasteiger partial charge on any atom is 0.243 e. The Balaban J connectivity index is 1.32. The van der Waals surface area contributed by atoms with E-state index in [1.807, 2.05) is 61.7 Å². The van der Waals surface area contributed by atoms with E-state index in [-0.39, 0.29) is 31.1 Å². The third kappa shape index (κ3) is 13.1. The molecule has 0 spiro atoms. The van der Waals surface area contributed by atoms with Crippen molar-refractivity contribution in [3.8, 4) is 0 Å². The van der Waals surface area contributed by atoms with Gasteiger partial charge >= 0.3 is 0 Å². The second-order valence-corrected chi connectivity index (χ2v) is 15.7. The van der Waals surface area contributed by atoms with E-state index >= 15 is 0 Å². The molecular formula is C42H60N6O6S. The lowest BCUT2D eigenvalue weighted by Crippen LogP contribution is -2.55. The zero-order chi connectivity index (χ0) is 39.0. The Hall–Kier alpha value is -3.91. The molecule has 12 nitrogen and oxygen atoms in total. The molecule has 5 rings (SSSR count). The fourth-order valence-electron chi connectivity index (χ4n) is 7.92. The van der Waals surface area contributed by atoms with E-state index in [2.05, 4.69) is 25.8 Å². The van der Waals surface area contributed by atoms with E-state index in [0.717, 1.165) is 55.1 Å². The van der Waals surface area contributed by atoms with Gasteiger partial charge < -0.3 is 30.7 Å². The van der Waals surface area contributed by atoms with Crippen LogP contribution in [-0.4, -0.2) is 114 Å². The van der Waals surface area contributed by atoms with Gasteiger partial charge in [-0.05, 0) is 48.9 Å². The molecule has 1 aliphatic heterocycles. The van der Waals surface area contributed by atoms with Gasteiger partial charge in [0.2, 0.25) is 23.6 Å². The van der Waals surface area contributed by atoms with Crippen LogP contribution in [0.1, 0.15) is 76.5 Å². The van der Waals surface area contributed by atoms with E-state index in [4.69, 9.17) is 4.74 Å². The first kappa shape index (κ1) is 42.2. The summed E-state index contributed by atoms with van der Waals surface area (Å²) in [6.07, 6.45) is 5.07. The third-order valence-corrected chi connectivity index (χ3v) is 11.8. The molecule has 2 fully saturated rings. The molecule has 0 bridgehead atoms. The van der Waals surface area contributed by atoms with Gasteiger partial charge in [0.25, 0.3) is 0 Å². The number of hydrogen-bond acceptors (Lipinski definition) is 9. The van der Waals surface area contributed by atoms with Crippen LogP contribution in [0.4, 0.5) is 0 Å². The smallest absolute Gasteiger partial charge is 0.243 e. The molecule has 2 aromatic carbocycles. The van der Waals surface area contributed by atoms with Gasteiger partial charge in [0.05, 0.1) is 48.9 Å². The van der Waals surface area contributed by atoms with Crippen molar-refractivity contribution in [3.63, 3.8) is 0 Å². The van der Waals surface area contributed by atoms with Crippen LogP contribution >= 0.6 is 11.3 Å². The Morgan fingerprint density at radius 2 is 1.69 bits per heavy atom. The summed E-state index contributed by atoms with van der Waals surface area (Å²) in [5, 5.41) is 24.5. The zero-order valence-electron chi connectivity index (χ0n) is 32.5.